The lowest BCUT2D eigenvalue weighted by Gasteiger charge is -2.11. The molecule has 1 aromatic heterocycles. The summed E-state index contributed by atoms with van der Waals surface area (Å²) in [5, 5.41) is 11.9. The second-order valence-corrected chi connectivity index (χ2v) is 4.22. The number of hydrogen-bond acceptors (Lipinski definition) is 4. The van der Waals surface area contributed by atoms with Crippen molar-refractivity contribution in [1.29, 1.82) is 0 Å². The van der Waals surface area contributed by atoms with Crippen LogP contribution in [0.1, 0.15) is 30.3 Å². The number of aromatic carboxylic acids is 1. The van der Waals surface area contributed by atoms with Gasteiger partial charge in [0.2, 0.25) is 0 Å². The Morgan fingerprint density at radius 2 is 2.20 bits per heavy atom. The van der Waals surface area contributed by atoms with Gasteiger partial charge in [0.1, 0.15) is 0 Å². The first-order valence-corrected chi connectivity index (χ1v) is 4.89. The molecule has 80 valence electrons. The summed E-state index contributed by atoms with van der Waals surface area (Å²) in [6, 6.07) is 0. The van der Waals surface area contributed by atoms with E-state index in [9.17, 15) is 4.79 Å². The molecule has 1 fully saturated rings. The SMILES string of the molecule is CC1(CNc2nccnc2C(=O)O)CC1. The minimum Gasteiger partial charge on any atom is -0.476 e. The third-order valence-electron chi connectivity index (χ3n) is 2.69. The summed E-state index contributed by atoms with van der Waals surface area (Å²) in [4.78, 5) is 18.6. The van der Waals surface area contributed by atoms with Crippen molar-refractivity contribution < 1.29 is 9.90 Å². The van der Waals surface area contributed by atoms with Crippen LogP contribution < -0.4 is 5.32 Å². The maximum absolute atomic E-state index is 10.8. The maximum atomic E-state index is 10.8. The van der Waals surface area contributed by atoms with E-state index >= 15 is 0 Å². The fourth-order valence-electron chi connectivity index (χ4n) is 1.31. The van der Waals surface area contributed by atoms with E-state index in [0.717, 1.165) is 6.54 Å². The third kappa shape index (κ3) is 2.23. The molecule has 1 aliphatic carbocycles. The van der Waals surface area contributed by atoms with Gasteiger partial charge in [-0.05, 0) is 18.3 Å². The van der Waals surface area contributed by atoms with Crippen molar-refractivity contribution in [3.8, 4) is 0 Å². The highest BCUT2D eigenvalue weighted by atomic mass is 16.4. The van der Waals surface area contributed by atoms with Crippen LogP contribution in [0.5, 0.6) is 0 Å². The standard InChI is InChI=1S/C10H13N3O2/c1-10(2-3-10)6-13-8-7(9(14)15)11-4-5-12-8/h4-5H,2-3,6H2,1H3,(H,12,13)(H,14,15). The average molecular weight is 207 g/mol. The van der Waals surface area contributed by atoms with Gasteiger partial charge in [0.05, 0.1) is 0 Å². The first kappa shape index (κ1) is 9.89. The van der Waals surface area contributed by atoms with Crippen molar-refractivity contribution in [2.75, 3.05) is 11.9 Å². The van der Waals surface area contributed by atoms with Gasteiger partial charge >= 0.3 is 5.97 Å². The highest BCUT2D eigenvalue weighted by Crippen LogP contribution is 2.44. The third-order valence-corrected chi connectivity index (χ3v) is 2.69. The molecule has 0 bridgehead atoms. The van der Waals surface area contributed by atoms with Crippen LogP contribution in [-0.4, -0.2) is 27.6 Å². The monoisotopic (exact) mass is 207 g/mol. The van der Waals surface area contributed by atoms with Gasteiger partial charge in [0.15, 0.2) is 11.5 Å². The van der Waals surface area contributed by atoms with E-state index in [0.29, 0.717) is 11.2 Å². The van der Waals surface area contributed by atoms with Gasteiger partial charge < -0.3 is 10.4 Å². The summed E-state index contributed by atoms with van der Waals surface area (Å²) in [6.07, 6.45) is 5.24. The van der Waals surface area contributed by atoms with Crippen molar-refractivity contribution >= 4 is 11.8 Å². The topological polar surface area (TPSA) is 75.1 Å². The van der Waals surface area contributed by atoms with Crippen LogP contribution >= 0.6 is 0 Å². The lowest BCUT2D eigenvalue weighted by atomic mass is 10.1. The summed E-state index contributed by atoms with van der Waals surface area (Å²) in [5.74, 6) is -0.690. The molecule has 1 heterocycles. The Balaban J connectivity index is 2.09. The van der Waals surface area contributed by atoms with Crippen LogP contribution in [0.3, 0.4) is 0 Å². The lowest BCUT2D eigenvalue weighted by molar-refractivity contribution is 0.0691. The van der Waals surface area contributed by atoms with Crippen LogP contribution in [0.15, 0.2) is 12.4 Å². The molecule has 0 aliphatic heterocycles. The molecule has 0 atom stereocenters. The van der Waals surface area contributed by atoms with Gasteiger partial charge in [-0.2, -0.15) is 0 Å². The van der Waals surface area contributed by atoms with Crippen molar-refractivity contribution in [3.63, 3.8) is 0 Å². The number of aromatic nitrogens is 2. The molecule has 0 spiro atoms. The van der Waals surface area contributed by atoms with E-state index in [2.05, 4.69) is 22.2 Å². The van der Waals surface area contributed by atoms with E-state index in [1.54, 1.807) is 0 Å². The highest BCUT2D eigenvalue weighted by Gasteiger charge is 2.37. The van der Waals surface area contributed by atoms with Crippen LogP contribution in [0.25, 0.3) is 0 Å². The fourth-order valence-corrected chi connectivity index (χ4v) is 1.31. The Labute approximate surface area is 87.6 Å². The number of nitrogens with zero attached hydrogens (tertiary/aromatic N) is 2. The van der Waals surface area contributed by atoms with Gasteiger partial charge in [-0.1, -0.05) is 6.92 Å². The second kappa shape index (κ2) is 3.49. The molecule has 15 heavy (non-hydrogen) atoms. The quantitative estimate of drug-likeness (QED) is 0.780. The number of rotatable bonds is 4. The molecule has 2 N–H and O–H groups in total. The van der Waals surface area contributed by atoms with E-state index < -0.39 is 5.97 Å². The molecule has 0 aromatic carbocycles. The van der Waals surface area contributed by atoms with Gasteiger partial charge in [-0.15, -0.1) is 0 Å². The fraction of sp³-hybridized carbons (Fsp3) is 0.500. The molecule has 1 aliphatic rings. The van der Waals surface area contributed by atoms with Crippen LogP contribution in [0.2, 0.25) is 0 Å². The van der Waals surface area contributed by atoms with Gasteiger partial charge in [-0.25, -0.2) is 14.8 Å². The lowest BCUT2D eigenvalue weighted by Crippen LogP contribution is -2.16. The van der Waals surface area contributed by atoms with Gasteiger partial charge in [0, 0.05) is 18.9 Å². The molecule has 0 radical (unpaired) electrons. The number of carbonyl (C=O) groups is 1. The molecule has 5 nitrogen and oxygen atoms in total. The van der Waals surface area contributed by atoms with Crippen LogP contribution in [-0.2, 0) is 0 Å². The normalized spacial score (nSPS) is 17.1. The Hall–Kier alpha value is -1.65. The Kier molecular flexibility index (Phi) is 2.30. The summed E-state index contributed by atoms with van der Waals surface area (Å²) in [7, 11) is 0. The molecule has 0 amide bonds. The summed E-state index contributed by atoms with van der Waals surface area (Å²) < 4.78 is 0. The first-order chi connectivity index (χ1) is 7.11. The number of carboxylic acid groups (broad SMARTS) is 1. The molecule has 1 aromatic rings. The number of carboxylic acids is 1. The Morgan fingerprint density at radius 1 is 1.53 bits per heavy atom. The zero-order valence-electron chi connectivity index (χ0n) is 8.53. The van der Waals surface area contributed by atoms with E-state index in [-0.39, 0.29) is 5.69 Å². The first-order valence-electron chi connectivity index (χ1n) is 4.89. The van der Waals surface area contributed by atoms with Crippen molar-refractivity contribution in [3.05, 3.63) is 18.1 Å². The summed E-state index contributed by atoms with van der Waals surface area (Å²) in [5.41, 5.74) is 0.301. The van der Waals surface area contributed by atoms with Crippen LogP contribution in [0, 0.1) is 5.41 Å². The molecule has 5 heteroatoms. The van der Waals surface area contributed by atoms with Crippen molar-refractivity contribution in [1.82, 2.24) is 9.97 Å². The van der Waals surface area contributed by atoms with E-state index in [4.69, 9.17) is 5.11 Å². The largest absolute Gasteiger partial charge is 0.476 e. The number of hydrogen-bond donors (Lipinski definition) is 2. The minimum atomic E-state index is -1.05. The van der Waals surface area contributed by atoms with Crippen molar-refractivity contribution in [2.24, 2.45) is 5.41 Å². The summed E-state index contributed by atoms with van der Waals surface area (Å²) in [6.45, 7) is 2.92. The molecule has 0 unspecified atom stereocenters. The van der Waals surface area contributed by atoms with Gasteiger partial charge in [0.25, 0.3) is 0 Å². The zero-order valence-corrected chi connectivity index (χ0v) is 8.53. The predicted octanol–water partition coefficient (Wildman–Crippen LogP) is 1.39. The Bertz CT molecular complexity index is 388. The molecular formula is C10H13N3O2. The Morgan fingerprint density at radius 3 is 2.80 bits per heavy atom. The van der Waals surface area contributed by atoms with Crippen molar-refractivity contribution in [2.45, 2.75) is 19.8 Å². The average Bonchev–Trinajstić information content (AvgIpc) is 2.95. The molecule has 1 saturated carbocycles. The van der Waals surface area contributed by atoms with E-state index in [1.165, 1.54) is 25.2 Å². The number of anilines is 1. The zero-order chi connectivity index (χ0) is 10.9. The van der Waals surface area contributed by atoms with Gasteiger partial charge in [-0.3, -0.25) is 0 Å². The minimum absolute atomic E-state index is 0.0123. The molecule has 0 saturated heterocycles. The smallest absolute Gasteiger partial charge is 0.358 e. The molecule has 2 rings (SSSR count). The van der Waals surface area contributed by atoms with E-state index in [1.807, 2.05) is 0 Å². The predicted molar refractivity (Wildman–Crippen MR) is 54.8 cm³/mol. The summed E-state index contributed by atoms with van der Waals surface area (Å²) >= 11 is 0. The van der Waals surface area contributed by atoms with Crippen LogP contribution in [0.4, 0.5) is 5.82 Å². The number of nitrogens with one attached hydrogen (secondary N) is 1. The highest BCUT2D eigenvalue weighted by molar-refractivity contribution is 5.90. The molecular weight excluding hydrogens is 194 g/mol. The maximum Gasteiger partial charge on any atom is 0.358 e. The second-order valence-electron chi connectivity index (χ2n) is 4.22.